The Hall–Kier alpha value is -2.14. The van der Waals surface area contributed by atoms with Crippen LogP contribution in [0.5, 0.6) is 0 Å². The predicted molar refractivity (Wildman–Crippen MR) is 79.2 cm³/mol. The molecule has 0 spiro atoms. The average molecular weight is 285 g/mol. The Morgan fingerprint density at radius 2 is 1.95 bits per heavy atom. The Labute approximate surface area is 123 Å². The normalized spacial score (nSPS) is 17.0. The van der Waals surface area contributed by atoms with Crippen LogP contribution in [0.25, 0.3) is 5.69 Å². The second kappa shape index (κ2) is 5.69. The molecule has 0 saturated heterocycles. The van der Waals surface area contributed by atoms with Crippen molar-refractivity contribution in [2.24, 2.45) is 0 Å². The number of hydrogen-bond acceptors (Lipinski definition) is 3. The highest BCUT2D eigenvalue weighted by molar-refractivity contribution is 5.79. The average Bonchev–Trinajstić information content (AvgIpc) is 3.16. The molecule has 0 aliphatic heterocycles. The summed E-state index contributed by atoms with van der Waals surface area (Å²) in [6.07, 6.45) is 5.23. The summed E-state index contributed by atoms with van der Waals surface area (Å²) < 4.78 is 1.80. The van der Waals surface area contributed by atoms with E-state index in [4.69, 9.17) is 0 Å². The van der Waals surface area contributed by atoms with Crippen molar-refractivity contribution in [1.82, 2.24) is 15.1 Å². The largest absolute Gasteiger partial charge is 0.480 e. The molecule has 110 valence electrons. The van der Waals surface area contributed by atoms with Gasteiger partial charge in [0.05, 0.1) is 11.4 Å². The van der Waals surface area contributed by atoms with Crippen LogP contribution in [0.3, 0.4) is 0 Å². The van der Waals surface area contributed by atoms with E-state index in [0.29, 0.717) is 19.4 Å². The zero-order valence-corrected chi connectivity index (χ0v) is 11.8. The molecule has 1 heterocycles. The minimum Gasteiger partial charge on any atom is -0.480 e. The molecule has 2 aromatic rings. The highest BCUT2D eigenvalue weighted by atomic mass is 16.4. The number of aliphatic carboxylic acids is 1. The maximum Gasteiger partial charge on any atom is 0.323 e. The molecule has 0 atom stereocenters. The number of para-hydroxylation sites is 1. The second-order valence-electron chi connectivity index (χ2n) is 5.54. The zero-order chi connectivity index (χ0) is 14.7. The molecule has 5 heteroatoms. The number of hydrogen-bond donors (Lipinski definition) is 2. The number of benzene rings is 1. The van der Waals surface area contributed by atoms with Gasteiger partial charge in [0, 0.05) is 12.7 Å². The van der Waals surface area contributed by atoms with Crippen molar-refractivity contribution >= 4 is 5.97 Å². The lowest BCUT2D eigenvalue weighted by molar-refractivity contribution is -0.144. The second-order valence-corrected chi connectivity index (χ2v) is 5.54. The third-order valence-corrected chi connectivity index (χ3v) is 4.14. The molecule has 1 aromatic heterocycles. The number of nitrogens with zero attached hydrogens (tertiary/aromatic N) is 2. The first-order chi connectivity index (χ1) is 10.2. The van der Waals surface area contributed by atoms with Crippen molar-refractivity contribution < 1.29 is 9.90 Å². The molecule has 0 unspecified atom stereocenters. The maximum atomic E-state index is 11.5. The summed E-state index contributed by atoms with van der Waals surface area (Å²) in [4.78, 5) is 11.5. The van der Waals surface area contributed by atoms with E-state index in [-0.39, 0.29) is 0 Å². The van der Waals surface area contributed by atoms with E-state index in [9.17, 15) is 9.90 Å². The van der Waals surface area contributed by atoms with Crippen LogP contribution in [-0.2, 0) is 11.3 Å². The highest BCUT2D eigenvalue weighted by Crippen LogP contribution is 2.30. The van der Waals surface area contributed by atoms with Crippen LogP contribution in [-0.4, -0.2) is 26.4 Å². The van der Waals surface area contributed by atoms with E-state index in [1.54, 1.807) is 4.68 Å². The van der Waals surface area contributed by atoms with E-state index in [1.165, 1.54) is 0 Å². The standard InChI is InChI=1S/C16H19N3O2/c20-15(21)16(9-4-5-10-16)17-12-13-8-11-19(18-13)14-6-2-1-3-7-14/h1-3,6-8,11,17H,4-5,9-10,12H2,(H,20,21). The first-order valence-electron chi connectivity index (χ1n) is 7.28. The first-order valence-corrected chi connectivity index (χ1v) is 7.28. The fraction of sp³-hybridized carbons (Fsp3) is 0.375. The van der Waals surface area contributed by atoms with Crippen LogP contribution < -0.4 is 5.32 Å². The van der Waals surface area contributed by atoms with Gasteiger partial charge in [-0.25, -0.2) is 4.68 Å². The number of carbonyl (C=O) groups is 1. The number of aromatic nitrogens is 2. The Morgan fingerprint density at radius 3 is 2.62 bits per heavy atom. The van der Waals surface area contributed by atoms with E-state index < -0.39 is 11.5 Å². The molecule has 3 rings (SSSR count). The third kappa shape index (κ3) is 2.83. The predicted octanol–water partition coefficient (Wildman–Crippen LogP) is 2.36. The molecule has 0 bridgehead atoms. The Balaban J connectivity index is 1.69. The monoisotopic (exact) mass is 285 g/mol. The minimum atomic E-state index is -0.767. The lowest BCUT2D eigenvalue weighted by atomic mass is 9.98. The van der Waals surface area contributed by atoms with Gasteiger partial charge in [-0.3, -0.25) is 10.1 Å². The Morgan fingerprint density at radius 1 is 1.24 bits per heavy atom. The summed E-state index contributed by atoms with van der Waals surface area (Å²) in [5.41, 5.74) is 1.08. The van der Waals surface area contributed by atoms with E-state index in [0.717, 1.165) is 24.2 Å². The zero-order valence-electron chi connectivity index (χ0n) is 11.8. The van der Waals surface area contributed by atoms with Gasteiger partial charge in [0.2, 0.25) is 0 Å². The molecule has 0 radical (unpaired) electrons. The number of carboxylic acid groups (broad SMARTS) is 1. The smallest absolute Gasteiger partial charge is 0.323 e. The fourth-order valence-corrected chi connectivity index (χ4v) is 2.89. The summed E-state index contributed by atoms with van der Waals surface area (Å²) in [5.74, 6) is -0.748. The van der Waals surface area contributed by atoms with E-state index in [2.05, 4.69) is 10.4 Å². The molecule has 1 saturated carbocycles. The molecule has 5 nitrogen and oxygen atoms in total. The van der Waals surface area contributed by atoms with Crippen molar-refractivity contribution in [3.8, 4) is 5.69 Å². The summed E-state index contributed by atoms with van der Waals surface area (Å²) in [5, 5.41) is 17.1. The van der Waals surface area contributed by atoms with Crippen molar-refractivity contribution in [3.05, 3.63) is 48.3 Å². The lowest BCUT2D eigenvalue weighted by Gasteiger charge is -2.24. The first kappa shape index (κ1) is 13.8. The van der Waals surface area contributed by atoms with Crippen LogP contribution in [0.1, 0.15) is 31.4 Å². The van der Waals surface area contributed by atoms with Crippen LogP contribution in [0, 0.1) is 0 Å². The van der Waals surface area contributed by atoms with Crippen molar-refractivity contribution in [3.63, 3.8) is 0 Å². The molecule has 1 aliphatic carbocycles. The van der Waals surface area contributed by atoms with Crippen LogP contribution in [0.15, 0.2) is 42.6 Å². The van der Waals surface area contributed by atoms with E-state index in [1.807, 2.05) is 42.6 Å². The molecule has 21 heavy (non-hydrogen) atoms. The molecular weight excluding hydrogens is 266 g/mol. The maximum absolute atomic E-state index is 11.5. The Kier molecular flexibility index (Phi) is 3.75. The summed E-state index contributed by atoms with van der Waals surface area (Å²) >= 11 is 0. The van der Waals surface area contributed by atoms with Gasteiger partial charge in [-0.15, -0.1) is 0 Å². The van der Waals surface area contributed by atoms with Crippen LogP contribution in [0.4, 0.5) is 0 Å². The van der Waals surface area contributed by atoms with Gasteiger partial charge in [0.1, 0.15) is 5.54 Å². The molecule has 1 aromatic carbocycles. The lowest BCUT2D eigenvalue weighted by Crippen LogP contribution is -2.49. The molecule has 0 amide bonds. The van der Waals surface area contributed by atoms with Crippen LogP contribution >= 0.6 is 0 Å². The van der Waals surface area contributed by atoms with Gasteiger partial charge in [0.25, 0.3) is 0 Å². The highest BCUT2D eigenvalue weighted by Gasteiger charge is 2.40. The SMILES string of the molecule is O=C(O)C1(NCc2ccn(-c3ccccc3)n2)CCCC1. The van der Waals surface area contributed by atoms with Gasteiger partial charge in [0.15, 0.2) is 0 Å². The van der Waals surface area contributed by atoms with Gasteiger partial charge in [-0.2, -0.15) is 5.10 Å². The molecular formula is C16H19N3O2. The van der Waals surface area contributed by atoms with Gasteiger partial charge in [-0.1, -0.05) is 31.0 Å². The van der Waals surface area contributed by atoms with Gasteiger partial charge in [-0.05, 0) is 31.0 Å². The van der Waals surface area contributed by atoms with Gasteiger partial charge < -0.3 is 5.11 Å². The minimum absolute atomic E-state index is 0.478. The quantitative estimate of drug-likeness (QED) is 0.885. The van der Waals surface area contributed by atoms with Crippen molar-refractivity contribution in [2.45, 2.75) is 37.8 Å². The molecule has 2 N–H and O–H groups in total. The van der Waals surface area contributed by atoms with Crippen molar-refractivity contribution in [2.75, 3.05) is 0 Å². The molecule has 1 aliphatic rings. The summed E-state index contributed by atoms with van der Waals surface area (Å²) in [6, 6.07) is 11.8. The fourth-order valence-electron chi connectivity index (χ4n) is 2.89. The van der Waals surface area contributed by atoms with Crippen LogP contribution in [0.2, 0.25) is 0 Å². The third-order valence-electron chi connectivity index (χ3n) is 4.14. The number of carboxylic acids is 1. The topological polar surface area (TPSA) is 67.2 Å². The number of nitrogens with one attached hydrogen (secondary N) is 1. The summed E-state index contributed by atoms with van der Waals surface area (Å²) in [7, 11) is 0. The molecule has 1 fully saturated rings. The number of rotatable bonds is 5. The summed E-state index contributed by atoms with van der Waals surface area (Å²) in [6.45, 7) is 0.478. The Bertz CT molecular complexity index is 615. The van der Waals surface area contributed by atoms with Crippen molar-refractivity contribution in [1.29, 1.82) is 0 Å². The van der Waals surface area contributed by atoms with Gasteiger partial charge >= 0.3 is 5.97 Å². The van der Waals surface area contributed by atoms with E-state index >= 15 is 0 Å².